The third kappa shape index (κ3) is 5.04. The van der Waals surface area contributed by atoms with Gasteiger partial charge in [-0.3, -0.25) is 9.69 Å². The summed E-state index contributed by atoms with van der Waals surface area (Å²) in [5.41, 5.74) is 4.76. The van der Waals surface area contributed by atoms with Gasteiger partial charge in [0.1, 0.15) is 0 Å². The molecule has 0 saturated carbocycles. The lowest BCUT2D eigenvalue weighted by molar-refractivity contribution is -0.122. The van der Waals surface area contributed by atoms with Crippen LogP contribution in [0.2, 0.25) is 0 Å². The van der Waals surface area contributed by atoms with Gasteiger partial charge in [-0.05, 0) is 12.5 Å². The first-order chi connectivity index (χ1) is 9.24. The van der Waals surface area contributed by atoms with Crippen LogP contribution in [0.3, 0.4) is 0 Å². The molecule has 1 aromatic rings. The van der Waals surface area contributed by atoms with Crippen molar-refractivity contribution in [2.45, 2.75) is 6.92 Å². The highest BCUT2D eigenvalue weighted by Gasteiger charge is 2.13. The Bertz CT molecular complexity index is 456. The first-order valence-electron chi connectivity index (χ1n) is 6.43. The van der Waals surface area contributed by atoms with Crippen LogP contribution in [0.25, 0.3) is 0 Å². The lowest BCUT2D eigenvalue weighted by Gasteiger charge is -2.24. The smallest absolute Gasteiger partial charge is 0.254 e. The fraction of sp³-hybridized carbons (Fsp3) is 0.429. The summed E-state index contributed by atoms with van der Waals surface area (Å²) in [6, 6.07) is 8.00. The van der Waals surface area contributed by atoms with Gasteiger partial charge < -0.3 is 0 Å². The summed E-state index contributed by atoms with van der Waals surface area (Å²) in [5, 5.41) is 3.99. The molecule has 1 aromatic carbocycles. The molecule has 5 heteroatoms. The van der Waals surface area contributed by atoms with Crippen molar-refractivity contribution < 1.29 is 4.79 Å². The number of hydrogen-bond donors (Lipinski definition) is 1. The molecule has 4 nitrogen and oxygen atoms in total. The second kappa shape index (κ2) is 7.31. The summed E-state index contributed by atoms with van der Waals surface area (Å²) in [6.07, 6.45) is 1.68. The molecule has 0 atom stereocenters. The third-order valence-electron chi connectivity index (χ3n) is 2.92. The number of nitrogens with zero attached hydrogens (tertiary/aromatic N) is 2. The highest BCUT2D eigenvalue weighted by molar-refractivity contribution is 7.99. The highest BCUT2D eigenvalue weighted by Crippen LogP contribution is 2.08. The van der Waals surface area contributed by atoms with Gasteiger partial charge in [0, 0.05) is 24.6 Å². The average molecular weight is 277 g/mol. The number of carbonyl (C=O) groups excluding carboxylic acids is 1. The van der Waals surface area contributed by atoms with Gasteiger partial charge in [-0.25, -0.2) is 5.43 Å². The Labute approximate surface area is 118 Å². The second-order valence-electron chi connectivity index (χ2n) is 4.60. The van der Waals surface area contributed by atoms with Gasteiger partial charge >= 0.3 is 0 Å². The fourth-order valence-corrected chi connectivity index (χ4v) is 2.91. The van der Waals surface area contributed by atoms with Gasteiger partial charge in [-0.1, -0.05) is 29.8 Å². The molecule has 1 amide bonds. The predicted molar refractivity (Wildman–Crippen MR) is 80.7 cm³/mol. The summed E-state index contributed by atoms with van der Waals surface area (Å²) >= 11 is 1.94. The summed E-state index contributed by atoms with van der Waals surface area (Å²) < 4.78 is 0. The van der Waals surface area contributed by atoms with E-state index in [1.165, 1.54) is 5.56 Å². The van der Waals surface area contributed by atoms with E-state index in [9.17, 15) is 4.79 Å². The SMILES string of the molecule is Cc1cccc(/C=N/NC(=O)CN2CCSCC2)c1. The summed E-state index contributed by atoms with van der Waals surface area (Å²) in [7, 11) is 0. The van der Waals surface area contributed by atoms with E-state index in [2.05, 4.69) is 15.4 Å². The molecule has 0 radical (unpaired) electrons. The molecule has 1 aliphatic rings. The summed E-state index contributed by atoms with van der Waals surface area (Å²) in [4.78, 5) is 13.9. The molecule has 0 spiro atoms. The largest absolute Gasteiger partial charge is 0.293 e. The molecule has 102 valence electrons. The molecule has 0 aliphatic carbocycles. The van der Waals surface area contributed by atoms with E-state index in [1.807, 2.05) is 43.0 Å². The lowest BCUT2D eigenvalue weighted by Crippen LogP contribution is -2.40. The minimum absolute atomic E-state index is 0.0456. The Kier molecular flexibility index (Phi) is 5.42. The van der Waals surface area contributed by atoms with Gasteiger partial charge in [-0.2, -0.15) is 16.9 Å². The zero-order valence-electron chi connectivity index (χ0n) is 11.1. The van der Waals surface area contributed by atoms with Crippen molar-refractivity contribution >= 4 is 23.9 Å². The van der Waals surface area contributed by atoms with E-state index in [-0.39, 0.29) is 5.91 Å². The molecular weight excluding hydrogens is 258 g/mol. The van der Waals surface area contributed by atoms with Crippen LogP contribution in [-0.4, -0.2) is 48.2 Å². The maximum absolute atomic E-state index is 11.7. The molecule has 1 saturated heterocycles. The predicted octanol–water partition coefficient (Wildman–Crippen LogP) is 1.49. The number of rotatable bonds is 4. The first-order valence-corrected chi connectivity index (χ1v) is 7.58. The molecule has 0 unspecified atom stereocenters. The molecule has 0 aromatic heterocycles. The molecule has 1 N–H and O–H groups in total. The van der Waals surface area contributed by atoms with E-state index in [4.69, 9.17) is 0 Å². The van der Waals surface area contributed by atoms with E-state index in [0.717, 1.165) is 30.2 Å². The van der Waals surface area contributed by atoms with Crippen molar-refractivity contribution in [3.63, 3.8) is 0 Å². The van der Waals surface area contributed by atoms with E-state index in [1.54, 1.807) is 6.21 Å². The molecular formula is C14H19N3OS. The maximum Gasteiger partial charge on any atom is 0.254 e. The van der Waals surface area contributed by atoms with Crippen LogP contribution >= 0.6 is 11.8 Å². The van der Waals surface area contributed by atoms with Gasteiger partial charge in [-0.15, -0.1) is 0 Å². The lowest BCUT2D eigenvalue weighted by atomic mass is 10.2. The molecule has 1 aliphatic heterocycles. The Morgan fingerprint density at radius 2 is 2.26 bits per heavy atom. The molecule has 0 bridgehead atoms. The first kappa shape index (κ1) is 14.1. The van der Waals surface area contributed by atoms with Gasteiger partial charge in [0.2, 0.25) is 0 Å². The topological polar surface area (TPSA) is 44.7 Å². The van der Waals surface area contributed by atoms with Crippen molar-refractivity contribution in [1.82, 2.24) is 10.3 Å². The monoisotopic (exact) mass is 277 g/mol. The van der Waals surface area contributed by atoms with Crippen molar-refractivity contribution in [2.24, 2.45) is 5.10 Å². The normalized spacial score (nSPS) is 16.7. The zero-order valence-corrected chi connectivity index (χ0v) is 11.9. The summed E-state index contributed by atoms with van der Waals surface area (Å²) in [5.74, 6) is 2.18. The number of hydrogen-bond acceptors (Lipinski definition) is 4. The van der Waals surface area contributed by atoms with Crippen LogP contribution in [0.15, 0.2) is 29.4 Å². The number of amides is 1. The molecule has 1 heterocycles. The minimum Gasteiger partial charge on any atom is -0.293 e. The molecule has 19 heavy (non-hydrogen) atoms. The number of nitrogens with one attached hydrogen (secondary N) is 1. The maximum atomic E-state index is 11.7. The van der Waals surface area contributed by atoms with E-state index in [0.29, 0.717) is 6.54 Å². The van der Waals surface area contributed by atoms with Crippen LogP contribution in [0, 0.1) is 6.92 Å². The molecule has 1 fully saturated rings. The van der Waals surface area contributed by atoms with E-state index < -0.39 is 0 Å². The fourth-order valence-electron chi connectivity index (χ4n) is 1.93. The van der Waals surface area contributed by atoms with Crippen LogP contribution in [0.5, 0.6) is 0 Å². The Morgan fingerprint density at radius 3 is 3.00 bits per heavy atom. The van der Waals surface area contributed by atoms with Crippen molar-refractivity contribution in [3.8, 4) is 0 Å². The highest BCUT2D eigenvalue weighted by atomic mass is 32.2. The quantitative estimate of drug-likeness (QED) is 0.670. The van der Waals surface area contributed by atoms with Gasteiger partial charge in [0.25, 0.3) is 5.91 Å². The van der Waals surface area contributed by atoms with Crippen LogP contribution < -0.4 is 5.43 Å². The van der Waals surface area contributed by atoms with E-state index >= 15 is 0 Å². The standard InChI is InChI=1S/C14H19N3OS/c1-12-3-2-4-13(9-12)10-15-16-14(18)11-17-5-7-19-8-6-17/h2-4,9-10H,5-8,11H2,1H3,(H,16,18)/b15-10+. The number of hydrazone groups is 1. The third-order valence-corrected chi connectivity index (χ3v) is 3.86. The number of carbonyl (C=O) groups is 1. The number of thioether (sulfide) groups is 1. The van der Waals surface area contributed by atoms with Crippen molar-refractivity contribution in [3.05, 3.63) is 35.4 Å². The minimum atomic E-state index is -0.0456. The van der Waals surface area contributed by atoms with Crippen LogP contribution in [0.4, 0.5) is 0 Å². The summed E-state index contributed by atoms with van der Waals surface area (Å²) in [6.45, 7) is 4.44. The average Bonchev–Trinajstić information content (AvgIpc) is 2.40. The second-order valence-corrected chi connectivity index (χ2v) is 5.82. The Balaban J connectivity index is 1.76. The molecule has 2 rings (SSSR count). The van der Waals surface area contributed by atoms with Crippen molar-refractivity contribution in [1.29, 1.82) is 0 Å². The number of benzene rings is 1. The van der Waals surface area contributed by atoms with Crippen LogP contribution in [0.1, 0.15) is 11.1 Å². The number of aryl methyl sites for hydroxylation is 1. The van der Waals surface area contributed by atoms with Gasteiger partial charge in [0.05, 0.1) is 12.8 Å². The zero-order chi connectivity index (χ0) is 13.5. The van der Waals surface area contributed by atoms with Gasteiger partial charge in [0.15, 0.2) is 0 Å². The van der Waals surface area contributed by atoms with Crippen molar-refractivity contribution in [2.75, 3.05) is 31.1 Å². The Morgan fingerprint density at radius 1 is 1.47 bits per heavy atom. The van der Waals surface area contributed by atoms with Crippen LogP contribution in [-0.2, 0) is 4.79 Å². The Hall–Kier alpha value is -1.33.